The van der Waals surface area contributed by atoms with Crippen LogP contribution >= 0.6 is 0 Å². The highest BCUT2D eigenvalue weighted by Gasteiger charge is 2.71. The molecule has 0 saturated heterocycles. The molecule has 0 amide bonds. The molecule has 39 heavy (non-hydrogen) atoms. The van der Waals surface area contributed by atoms with E-state index in [2.05, 4.69) is 0 Å². The molecule has 0 aromatic heterocycles. The monoisotopic (exact) mass is 546 g/mol. The van der Waals surface area contributed by atoms with Crippen LogP contribution in [0.1, 0.15) is 93.4 Å². The number of Topliss-reactive ketones (excluding diaryl/α,β-unsaturated/α-hetero) is 3. The molecular weight excluding hydrogens is 500 g/mol. The molecule has 0 aliphatic heterocycles. The quantitative estimate of drug-likeness (QED) is 0.431. The minimum atomic E-state index is -1.60. The average molecular weight is 547 g/mol. The number of aliphatic hydroxyl groups is 3. The van der Waals surface area contributed by atoms with Gasteiger partial charge in [0.2, 0.25) is 0 Å². The lowest BCUT2D eigenvalue weighted by molar-refractivity contribution is -0.150. The van der Waals surface area contributed by atoms with Crippen LogP contribution in [0.25, 0.3) is 0 Å². The fraction of sp³-hybridized carbons (Fsp3) is 0.806. The summed E-state index contributed by atoms with van der Waals surface area (Å²) in [6, 6.07) is 0. The number of ketones is 3. The van der Waals surface area contributed by atoms with Crippen LogP contribution in [0, 0.1) is 39.4 Å². The SMILES string of the molecule is COC(=O)[C@H](C)CC(=O)C[C@](C)(O)[C@H]1CC(=O)[C@@]2(C)C3=C(C(=O)C[C@]12C)[C@@]1(C)CC[C@H](O)C(C)(C)[C@@H]1C[C@@H]3O. The van der Waals surface area contributed by atoms with Crippen molar-refractivity contribution in [2.75, 3.05) is 7.11 Å². The summed E-state index contributed by atoms with van der Waals surface area (Å²) >= 11 is 0. The molecule has 4 aliphatic rings. The third kappa shape index (κ3) is 4.11. The molecule has 2 fully saturated rings. The van der Waals surface area contributed by atoms with Crippen molar-refractivity contribution in [3.8, 4) is 0 Å². The lowest BCUT2D eigenvalue weighted by Crippen LogP contribution is -2.61. The summed E-state index contributed by atoms with van der Waals surface area (Å²) in [5, 5.41) is 34.2. The Morgan fingerprint density at radius 2 is 1.74 bits per heavy atom. The van der Waals surface area contributed by atoms with E-state index >= 15 is 0 Å². The van der Waals surface area contributed by atoms with Crippen molar-refractivity contribution in [3.63, 3.8) is 0 Å². The summed E-state index contributed by atoms with van der Waals surface area (Å²) in [7, 11) is 1.26. The van der Waals surface area contributed by atoms with Gasteiger partial charge in [0, 0.05) is 37.2 Å². The number of carbonyl (C=O) groups is 4. The molecule has 218 valence electrons. The van der Waals surface area contributed by atoms with E-state index < -0.39 is 57.3 Å². The first-order chi connectivity index (χ1) is 17.8. The van der Waals surface area contributed by atoms with E-state index in [9.17, 15) is 34.5 Å². The number of carbonyl (C=O) groups excluding carboxylic acids is 4. The van der Waals surface area contributed by atoms with Crippen molar-refractivity contribution < 1.29 is 39.2 Å². The highest BCUT2D eigenvalue weighted by Crippen LogP contribution is 2.71. The van der Waals surface area contributed by atoms with Crippen LogP contribution in [-0.4, -0.2) is 63.6 Å². The average Bonchev–Trinajstić information content (AvgIpc) is 3.03. The van der Waals surface area contributed by atoms with Gasteiger partial charge in [0.1, 0.15) is 11.6 Å². The largest absolute Gasteiger partial charge is 0.469 e. The summed E-state index contributed by atoms with van der Waals surface area (Å²) in [5.74, 6) is -2.57. The smallest absolute Gasteiger partial charge is 0.308 e. The summed E-state index contributed by atoms with van der Waals surface area (Å²) in [6.07, 6.45) is -0.432. The molecule has 0 spiro atoms. The molecule has 0 radical (unpaired) electrons. The highest BCUT2D eigenvalue weighted by atomic mass is 16.5. The highest BCUT2D eigenvalue weighted by molar-refractivity contribution is 6.05. The van der Waals surface area contributed by atoms with E-state index in [1.165, 1.54) is 14.0 Å². The van der Waals surface area contributed by atoms with Gasteiger partial charge in [0.25, 0.3) is 0 Å². The number of rotatable bonds is 6. The molecular formula is C31H46O8. The fourth-order valence-electron chi connectivity index (χ4n) is 9.35. The maximum absolute atomic E-state index is 14.1. The summed E-state index contributed by atoms with van der Waals surface area (Å²) in [5.41, 5.74) is -3.85. The predicted octanol–water partition coefficient (Wildman–Crippen LogP) is 3.33. The van der Waals surface area contributed by atoms with Crippen molar-refractivity contribution in [3.05, 3.63) is 11.1 Å². The van der Waals surface area contributed by atoms with Crippen molar-refractivity contribution in [2.24, 2.45) is 39.4 Å². The number of ether oxygens (including phenoxy) is 1. The van der Waals surface area contributed by atoms with Crippen LogP contribution in [0.2, 0.25) is 0 Å². The van der Waals surface area contributed by atoms with Gasteiger partial charge in [-0.15, -0.1) is 0 Å². The predicted molar refractivity (Wildman–Crippen MR) is 143 cm³/mol. The Bertz CT molecular complexity index is 1130. The topological polar surface area (TPSA) is 138 Å². The van der Waals surface area contributed by atoms with E-state index in [1.54, 1.807) is 6.92 Å². The van der Waals surface area contributed by atoms with Crippen molar-refractivity contribution in [2.45, 2.75) is 111 Å². The van der Waals surface area contributed by atoms with Crippen LogP contribution in [0.4, 0.5) is 0 Å². The molecule has 8 heteroatoms. The maximum atomic E-state index is 14.1. The Morgan fingerprint density at radius 1 is 1.13 bits per heavy atom. The Balaban J connectivity index is 1.75. The molecule has 0 aromatic rings. The van der Waals surface area contributed by atoms with Gasteiger partial charge in [-0.3, -0.25) is 19.2 Å². The third-order valence-corrected chi connectivity index (χ3v) is 11.7. The molecule has 4 rings (SSSR count). The van der Waals surface area contributed by atoms with Gasteiger partial charge in [-0.1, -0.05) is 34.6 Å². The first kappa shape index (κ1) is 30.1. The zero-order valence-electron chi connectivity index (χ0n) is 24.7. The summed E-state index contributed by atoms with van der Waals surface area (Å²) < 4.78 is 4.71. The maximum Gasteiger partial charge on any atom is 0.308 e. The third-order valence-electron chi connectivity index (χ3n) is 11.7. The number of methoxy groups -OCH3 is 1. The van der Waals surface area contributed by atoms with E-state index in [1.807, 2.05) is 34.6 Å². The van der Waals surface area contributed by atoms with Gasteiger partial charge in [-0.2, -0.15) is 0 Å². The molecule has 3 N–H and O–H groups in total. The number of allylic oxidation sites excluding steroid dienone is 1. The van der Waals surface area contributed by atoms with Gasteiger partial charge in [-0.25, -0.2) is 0 Å². The van der Waals surface area contributed by atoms with Gasteiger partial charge in [0.15, 0.2) is 5.78 Å². The summed E-state index contributed by atoms with van der Waals surface area (Å²) in [6.45, 7) is 12.8. The molecule has 2 saturated carbocycles. The molecule has 0 aromatic carbocycles. The second-order valence-electron chi connectivity index (χ2n) is 14.4. The van der Waals surface area contributed by atoms with Crippen LogP contribution in [-0.2, 0) is 23.9 Å². The lowest BCUT2D eigenvalue weighted by atomic mass is 9.42. The number of esters is 1. The molecule has 8 nitrogen and oxygen atoms in total. The van der Waals surface area contributed by atoms with E-state index in [0.29, 0.717) is 30.4 Å². The van der Waals surface area contributed by atoms with Gasteiger partial charge in [0.05, 0.1) is 36.3 Å². The first-order valence-corrected chi connectivity index (χ1v) is 14.3. The van der Waals surface area contributed by atoms with Crippen LogP contribution in [0.15, 0.2) is 11.1 Å². The van der Waals surface area contributed by atoms with Crippen molar-refractivity contribution in [1.82, 2.24) is 0 Å². The summed E-state index contributed by atoms with van der Waals surface area (Å²) in [4.78, 5) is 52.8. The zero-order valence-corrected chi connectivity index (χ0v) is 24.7. The molecule has 0 unspecified atom stereocenters. The van der Waals surface area contributed by atoms with Crippen LogP contribution in [0.5, 0.6) is 0 Å². The second-order valence-corrected chi connectivity index (χ2v) is 14.4. The van der Waals surface area contributed by atoms with E-state index in [-0.39, 0.29) is 49.0 Å². The van der Waals surface area contributed by atoms with Crippen molar-refractivity contribution >= 4 is 23.3 Å². The number of hydrogen-bond donors (Lipinski definition) is 3. The second kappa shape index (κ2) is 9.31. The number of hydrogen-bond acceptors (Lipinski definition) is 8. The van der Waals surface area contributed by atoms with Gasteiger partial charge >= 0.3 is 5.97 Å². The number of fused-ring (bicyclic) bond motifs is 4. The first-order valence-electron chi connectivity index (χ1n) is 14.3. The lowest BCUT2D eigenvalue weighted by Gasteiger charge is -2.62. The molecule has 0 bridgehead atoms. The molecule has 9 atom stereocenters. The van der Waals surface area contributed by atoms with Crippen molar-refractivity contribution in [1.29, 1.82) is 0 Å². The van der Waals surface area contributed by atoms with Gasteiger partial charge < -0.3 is 20.1 Å². The zero-order chi connectivity index (χ0) is 29.5. The Hall–Kier alpha value is -1.90. The standard InChI is InChI=1S/C31H46O8/c1-16(26(37)39-8)11-17(32)14-30(6,38)21-13-23(36)31(7)25-18(33)12-20-27(2,3)22(35)9-10-28(20,4)24(25)19(34)15-29(21,31)5/h16,18,20-22,33,35,38H,9-15H2,1-8H3/t16-,18+,20+,21+,22+,28+,29-,30+,31+/m1/s1. The fourth-order valence-corrected chi connectivity index (χ4v) is 9.35. The van der Waals surface area contributed by atoms with Crippen LogP contribution < -0.4 is 0 Å². The van der Waals surface area contributed by atoms with E-state index in [4.69, 9.17) is 4.74 Å². The minimum absolute atomic E-state index is 0.0129. The number of aliphatic hydroxyl groups excluding tert-OH is 2. The molecule has 4 aliphatic carbocycles. The Morgan fingerprint density at radius 3 is 2.33 bits per heavy atom. The minimum Gasteiger partial charge on any atom is -0.469 e. The Kier molecular flexibility index (Phi) is 7.18. The van der Waals surface area contributed by atoms with E-state index in [0.717, 1.165) is 0 Å². The molecule has 0 heterocycles. The normalized spacial score (nSPS) is 41.7. The van der Waals surface area contributed by atoms with Crippen LogP contribution in [0.3, 0.4) is 0 Å². The Labute approximate surface area is 231 Å². The van der Waals surface area contributed by atoms with Gasteiger partial charge in [-0.05, 0) is 60.8 Å².